The largest absolute Gasteiger partial charge is 0.361 e. The standard InChI is InChI=1S/C19H16N4O/c24-19(12-14-13-20-18-5-2-1-4-17(14)18)22-15-6-8-16(9-7-15)23-11-3-10-21-23/h1-11,13,20H,12H2,(H,22,24). The summed E-state index contributed by atoms with van der Waals surface area (Å²) < 4.78 is 1.78. The molecule has 0 aliphatic rings. The third-order valence-electron chi connectivity index (χ3n) is 3.95. The minimum absolute atomic E-state index is 0.0356. The van der Waals surface area contributed by atoms with Crippen molar-refractivity contribution in [3.63, 3.8) is 0 Å². The summed E-state index contributed by atoms with van der Waals surface area (Å²) in [5.74, 6) is -0.0356. The van der Waals surface area contributed by atoms with Crippen LogP contribution in [-0.2, 0) is 11.2 Å². The highest BCUT2D eigenvalue weighted by molar-refractivity contribution is 5.95. The monoisotopic (exact) mass is 316 g/mol. The smallest absolute Gasteiger partial charge is 0.228 e. The number of fused-ring (bicyclic) bond motifs is 1. The maximum Gasteiger partial charge on any atom is 0.228 e. The highest BCUT2D eigenvalue weighted by atomic mass is 16.1. The molecular formula is C19H16N4O. The van der Waals surface area contributed by atoms with Crippen LogP contribution in [0.15, 0.2) is 73.2 Å². The second kappa shape index (κ2) is 6.04. The molecule has 0 aliphatic heterocycles. The molecule has 2 heterocycles. The van der Waals surface area contributed by atoms with E-state index in [1.807, 2.05) is 67.0 Å². The molecule has 5 nitrogen and oxygen atoms in total. The van der Waals surface area contributed by atoms with Gasteiger partial charge in [-0.2, -0.15) is 5.10 Å². The lowest BCUT2D eigenvalue weighted by Crippen LogP contribution is -2.14. The topological polar surface area (TPSA) is 62.7 Å². The minimum atomic E-state index is -0.0356. The van der Waals surface area contributed by atoms with E-state index in [1.165, 1.54) is 0 Å². The van der Waals surface area contributed by atoms with Crippen LogP contribution in [0, 0.1) is 0 Å². The number of amides is 1. The molecule has 0 aliphatic carbocycles. The van der Waals surface area contributed by atoms with E-state index in [9.17, 15) is 4.79 Å². The first-order valence-electron chi connectivity index (χ1n) is 7.74. The summed E-state index contributed by atoms with van der Waals surface area (Å²) in [6.45, 7) is 0. The van der Waals surface area contributed by atoms with E-state index in [4.69, 9.17) is 0 Å². The predicted octanol–water partition coefficient (Wildman–Crippen LogP) is 3.53. The summed E-state index contributed by atoms with van der Waals surface area (Å²) in [6.07, 6.45) is 5.84. The van der Waals surface area contributed by atoms with Crippen molar-refractivity contribution in [2.75, 3.05) is 5.32 Å². The molecule has 1 amide bonds. The van der Waals surface area contributed by atoms with E-state index in [0.717, 1.165) is 27.8 Å². The molecule has 2 aromatic heterocycles. The molecule has 5 heteroatoms. The van der Waals surface area contributed by atoms with E-state index in [1.54, 1.807) is 10.9 Å². The Hall–Kier alpha value is -3.34. The van der Waals surface area contributed by atoms with Gasteiger partial charge in [0.05, 0.1) is 12.1 Å². The number of carbonyl (C=O) groups excluding carboxylic acids is 1. The average Bonchev–Trinajstić information content (AvgIpc) is 3.26. The van der Waals surface area contributed by atoms with E-state index < -0.39 is 0 Å². The van der Waals surface area contributed by atoms with Crippen molar-refractivity contribution >= 4 is 22.5 Å². The number of benzene rings is 2. The number of nitrogens with one attached hydrogen (secondary N) is 2. The first-order valence-corrected chi connectivity index (χ1v) is 7.74. The number of carbonyl (C=O) groups is 1. The maximum absolute atomic E-state index is 12.3. The van der Waals surface area contributed by atoms with Crippen molar-refractivity contribution in [3.8, 4) is 5.69 Å². The lowest BCUT2D eigenvalue weighted by Gasteiger charge is -2.06. The van der Waals surface area contributed by atoms with Crippen molar-refractivity contribution in [2.24, 2.45) is 0 Å². The van der Waals surface area contributed by atoms with E-state index >= 15 is 0 Å². The predicted molar refractivity (Wildman–Crippen MR) is 94.2 cm³/mol. The fourth-order valence-corrected chi connectivity index (χ4v) is 2.78. The van der Waals surface area contributed by atoms with Crippen LogP contribution in [-0.4, -0.2) is 20.7 Å². The van der Waals surface area contributed by atoms with Crippen LogP contribution in [0.4, 0.5) is 5.69 Å². The molecule has 4 aromatic rings. The third kappa shape index (κ3) is 2.79. The molecule has 0 bridgehead atoms. The number of aromatic amines is 1. The zero-order valence-electron chi connectivity index (χ0n) is 12.9. The highest BCUT2D eigenvalue weighted by Crippen LogP contribution is 2.19. The average molecular weight is 316 g/mol. The van der Waals surface area contributed by atoms with Gasteiger partial charge in [-0.3, -0.25) is 4.79 Å². The molecule has 4 rings (SSSR count). The molecule has 0 atom stereocenters. The van der Waals surface area contributed by atoms with Gasteiger partial charge >= 0.3 is 0 Å². The number of anilines is 1. The van der Waals surface area contributed by atoms with Gasteiger partial charge in [0, 0.05) is 35.2 Å². The van der Waals surface area contributed by atoms with Gasteiger partial charge in [-0.1, -0.05) is 18.2 Å². The normalized spacial score (nSPS) is 10.8. The summed E-state index contributed by atoms with van der Waals surface area (Å²) in [4.78, 5) is 15.5. The highest BCUT2D eigenvalue weighted by Gasteiger charge is 2.09. The number of hydrogen-bond acceptors (Lipinski definition) is 2. The Morgan fingerprint density at radius 3 is 2.71 bits per heavy atom. The third-order valence-corrected chi connectivity index (χ3v) is 3.95. The van der Waals surface area contributed by atoms with Gasteiger partial charge in [0.2, 0.25) is 5.91 Å². The molecule has 2 N–H and O–H groups in total. The van der Waals surface area contributed by atoms with Crippen LogP contribution < -0.4 is 5.32 Å². The Bertz CT molecular complexity index is 968. The van der Waals surface area contributed by atoms with E-state index in [2.05, 4.69) is 15.4 Å². The quantitative estimate of drug-likeness (QED) is 0.605. The number of H-pyrrole nitrogens is 1. The molecule has 2 aromatic carbocycles. The molecule has 0 saturated heterocycles. The number of rotatable bonds is 4. The summed E-state index contributed by atoms with van der Waals surface area (Å²) in [6, 6.07) is 17.5. The molecule has 0 unspecified atom stereocenters. The van der Waals surface area contributed by atoms with Crippen molar-refractivity contribution in [3.05, 3.63) is 78.8 Å². The Morgan fingerprint density at radius 2 is 1.92 bits per heavy atom. The summed E-state index contributed by atoms with van der Waals surface area (Å²) >= 11 is 0. The Balaban J connectivity index is 1.46. The molecule has 0 radical (unpaired) electrons. The second-order valence-electron chi connectivity index (χ2n) is 5.58. The van der Waals surface area contributed by atoms with E-state index in [-0.39, 0.29) is 5.91 Å². The van der Waals surface area contributed by atoms with Crippen LogP contribution >= 0.6 is 0 Å². The lowest BCUT2D eigenvalue weighted by molar-refractivity contribution is -0.115. The number of aromatic nitrogens is 3. The SMILES string of the molecule is O=C(Cc1c[nH]c2ccccc12)Nc1ccc(-n2cccn2)cc1. The lowest BCUT2D eigenvalue weighted by atomic mass is 10.1. The van der Waals surface area contributed by atoms with Crippen LogP contribution in [0.2, 0.25) is 0 Å². The Morgan fingerprint density at radius 1 is 1.08 bits per heavy atom. The van der Waals surface area contributed by atoms with Gasteiger partial charge in [0.25, 0.3) is 0 Å². The fourth-order valence-electron chi connectivity index (χ4n) is 2.78. The van der Waals surface area contributed by atoms with E-state index in [0.29, 0.717) is 6.42 Å². The first kappa shape index (κ1) is 14.3. The van der Waals surface area contributed by atoms with Gasteiger partial charge in [-0.15, -0.1) is 0 Å². The molecule has 0 spiro atoms. The number of para-hydroxylation sites is 1. The number of hydrogen-bond donors (Lipinski definition) is 2. The molecular weight excluding hydrogens is 300 g/mol. The summed E-state index contributed by atoms with van der Waals surface area (Å²) in [7, 11) is 0. The van der Waals surface area contributed by atoms with Gasteiger partial charge in [0.1, 0.15) is 0 Å². The van der Waals surface area contributed by atoms with Crippen LogP contribution in [0.25, 0.3) is 16.6 Å². The van der Waals surface area contributed by atoms with Crippen molar-refractivity contribution in [1.29, 1.82) is 0 Å². The van der Waals surface area contributed by atoms with Gasteiger partial charge in [-0.25, -0.2) is 4.68 Å². The molecule has 118 valence electrons. The van der Waals surface area contributed by atoms with Crippen LogP contribution in [0.1, 0.15) is 5.56 Å². The summed E-state index contributed by atoms with van der Waals surface area (Å²) in [5.41, 5.74) is 3.77. The first-order chi connectivity index (χ1) is 11.8. The van der Waals surface area contributed by atoms with Crippen molar-refractivity contribution < 1.29 is 4.79 Å². The van der Waals surface area contributed by atoms with Gasteiger partial charge in [0.15, 0.2) is 0 Å². The van der Waals surface area contributed by atoms with Gasteiger partial charge in [-0.05, 0) is 42.0 Å². The Labute approximate surface area is 138 Å². The zero-order valence-corrected chi connectivity index (χ0v) is 12.9. The van der Waals surface area contributed by atoms with Crippen molar-refractivity contribution in [1.82, 2.24) is 14.8 Å². The molecule has 0 saturated carbocycles. The second-order valence-corrected chi connectivity index (χ2v) is 5.58. The minimum Gasteiger partial charge on any atom is -0.361 e. The number of nitrogens with zero attached hydrogens (tertiary/aromatic N) is 2. The fraction of sp³-hybridized carbons (Fsp3) is 0.0526. The van der Waals surface area contributed by atoms with Crippen LogP contribution in [0.5, 0.6) is 0 Å². The van der Waals surface area contributed by atoms with Crippen molar-refractivity contribution in [2.45, 2.75) is 6.42 Å². The van der Waals surface area contributed by atoms with Gasteiger partial charge < -0.3 is 10.3 Å². The molecule has 24 heavy (non-hydrogen) atoms. The maximum atomic E-state index is 12.3. The molecule has 0 fully saturated rings. The zero-order chi connectivity index (χ0) is 16.4. The Kier molecular flexibility index (Phi) is 3.59. The summed E-state index contributed by atoms with van der Waals surface area (Å²) in [5, 5.41) is 8.20. The van der Waals surface area contributed by atoms with Crippen LogP contribution in [0.3, 0.4) is 0 Å².